The molecular weight excluding hydrogens is 296 g/mol. The molecule has 88 valence electrons. The molecule has 0 aromatic heterocycles. The van der Waals surface area contributed by atoms with E-state index >= 15 is 0 Å². The zero-order chi connectivity index (χ0) is 12.5. The Hall–Kier alpha value is -1.11. The molecule has 0 aliphatic carbocycles. The summed E-state index contributed by atoms with van der Waals surface area (Å²) in [4.78, 5) is 11.0. The summed E-state index contributed by atoms with van der Waals surface area (Å²) in [6, 6.07) is 1.85. The Bertz CT molecular complexity index is 428. The molecule has 0 spiro atoms. The lowest BCUT2D eigenvalue weighted by atomic mass is 10.1. The average Bonchev–Trinajstić information content (AvgIpc) is 2.07. The van der Waals surface area contributed by atoms with Crippen molar-refractivity contribution in [1.29, 1.82) is 0 Å². The van der Waals surface area contributed by atoms with Gasteiger partial charge in [-0.05, 0) is 19.1 Å². The maximum Gasteiger partial charge on any atom is 0.573 e. The summed E-state index contributed by atoms with van der Waals surface area (Å²) in [7, 11) is 0. The van der Waals surface area contributed by atoms with Gasteiger partial charge in [-0.25, -0.2) is 4.39 Å². The van der Waals surface area contributed by atoms with Gasteiger partial charge >= 0.3 is 6.36 Å². The monoisotopic (exact) mass is 300 g/mol. The molecule has 0 aliphatic rings. The Morgan fingerprint density at radius 2 is 1.94 bits per heavy atom. The van der Waals surface area contributed by atoms with E-state index in [1.165, 1.54) is 0 Å². The van der Waals surface area contributed by atoms with Crippen molar-refractivity contribution in [3.8, 4) is 5.75 Å². The van der Waals surface area contributed by atoms with E-state index in [9.17, 15) is 22.4 Å². The largest absolute Gasteiger partial charge is 0.573 e. The highest BCUT2D eigenvalue weighted by molar-refractivity contribution is 9.10. The van der Waals surface area contributed by atoms with Crippen LogP contribution in [-0.4, -0.2) is 12.1 Å². The third kappa shape index (κ3) is 3.19. The molecule has 0 saturated heterocycles. The van der Waals surface area contributed by atoms with Crippen molar-refractivity contribution in [3.63, 3.8) is 0 Å². The Balaban J connectivity index is 3.30. The Morgan fingerprint density at radius 3 is 2.38 bits per heavy atom. The zero-order valence-electron chi connectivity index (χ0n) is 7.86. The predicted octanol–water partition coefficient (Wildman–Crippen LogP) is 3.69. The van der Waals surface area contributed by atoms with Crippen molar-refractivity contribution in [1.82, 2.24) is 0 Å². The summed E-state index contributed by atoms with van der Waals surface area (Å²) in [5.41, 5.74) is -0.468. The van der Waals surface area contributed by atoms with Crippen molar-refractivity contribution in [2.45, 2.75) is 13.3 Å². The number of hydrogen-bond donors (Lipinski definition) is 0. The second-order valence-corrected chi connectivity index (χ2v) is 3.78. The molecule has 16 heavy (non-hydrogen) atoms. The molecule has 0 fully saturated rings. The van der Waals surface area contributed by atoms with Gasteiger partial charge in [0.2, 0.25) is 0 Å². The third-order valence-electron chi connectivity index (χ3n) is 1.61. The number of ketones is 1. The fraction of sp³-hybridized carbons (Fsp3) is 0.222. The molecule has 0 aliphatic heterocycles. The first kappa shape index (κ1) is 13.0. The second-order valence-electron chi connectivity index (χ2n) is 2.87. The van der Waals surface area contributed by atoms with Crippen LogP contribution in [0.2, 0.25) is 0 Å². The molecular formula is C9H5BrF4O2. The molecule has 1 aromatic rings. The molecule has 0 radical (unpaired) electrons. The van der Waals surface area contributed by atoms with Crippen LogP contribution in [0.3, 0.4) is 0 Å². The van der Waals surface area contributed by atoms with Crippen molar-refractivity contribution in [2.24, 2.45) is 0 Å². The van der Waals surface area contributed by atoms with Crippen LogP contribution in [0.5, 0.6) is 5.75 Å². The normalized spacial score (nSPS) is 11.4. The van der Waals surface area contributed by atoms with Crippen LogP contribution in [-0.2, 0) is 0 Å². The number of carbonyl (C=O) groups is 1. The highest BCUT2D eigenvalue weighted by Gasteiger charge is 2.34. The smallest absolute Gasteiger partial charge is 0.402 e. The van der Waals surface area contributed by atoms with Crippen molar-refractivity contribution in [3.05, 3.63) is 28.0 Å². The number of benzene rings is 1. The van der Waals surface area contributed by atoms with E-state index < -0.39 is 29.3 Å². The van der Waals surface area contributed by atoms with E-state index in [0.29, 0.717) is 0 Å². The molecule has 0 saturated carbocycles. The molecule has 2 nitrogen and oxygen atoms in total. The molecule has 0 atom stereocenters. The number of halogens is 5. The fourth-order valence-electron chi connectivity index (χ4n) is 1.04. The third-order valence-corrected chi connectivity index (χ3v) is 2.06. The van der Waals surface area contributed by atoms with E-state index in [0.717, 1.165) is 19.1 Å². The summed E-state index contributed by atoms with van der Waals surface area (Å²) in [6.45, 7) is 1.02. The van der Waals surface area contributed by atoms with Gasteiger partial charge in [0.25, 0.3) is 0 Å². The number of hydrogen-bond acceptors (Lipinski definition) is 2. The lowest BCUT2D eigenvalue weighted by molar-refractivity contribution is -0.275. The van der Waals surface area contributed by atoms with Crippen LogP contribution in [0.15, 0.2) is 16.6 Å². The van der Waals surface area contributed by atoms with E-state index in [1.807, 2.05) is 0 Å². The minimum absolute atomic E-state index is 0.157. The molecule has 0 unspecified atom stereocenters. The molecule has 0 bridgehead atoms. The first-order chi connectivity index (χ1) is 7.20. The first-order valence-corrected chi connectivity index (χ1v) is 4.75. The van der Waals surface area contributed by atoms with Crippen LogP contribution in [0.4, 0.5) is 17.6 Å². The topological polar surface area (TPSA) is 26.3 Å². The summed E-state index contributed by atoms with van der Waals surface area (Å²) in [5, 5.41) is 0. The van der Waals surface area contributed by atoms with E-state index in [-0.39, 0.29) is 4.47 Å². The van der Waals surface area contributed by atoms with Crippen LogP contribution >= 0.6 is 15.9 Å². The number of ether oxygens (including phenoxy) is 1. The summed E-state index contributed by atoms with van der Waals surface area (Å²) >= 11 is 2.87. The second kappa shape index (κ2) is 4.40. The first-order valence-electron chi connectivity index (χ1n) is 3.96. The van der Waals surface area contributed by atoms with E-state index in [2.05, 4.69) is 20.7 Å². The number of alkyl halides is 3. The lowest BCUT2D eigenvalue weighted by Gasteiger charge is -2.12. The average molecular weight is 301 g/mol. The molecule has 0 heterocycles. The Kier molecular flexibility index (Phi) is 3.57. The highest BCUT2D eigenvalue weighted by atomic mass is 79.9. The van der Waals surface area contributed by atoms with E-state index in [4.69, 9.17) is 0 Å². The quantitative estimate of drug-likeness (QED) is 0.615. The molecule has 0 N–H and O–H groups in total. The van der Waals surface area contributed by atoms with Crippen LogP contribution in [0.25, 0.3) is 0 Å². The highest BCUT2D eigenvalue weighted by Crippen LogP contribution is 2.32. The van der Waals surface area contributed by atoms with Gasteiger partial charge in [-0.2, -0.15) is 0 Å². The van der Waals surface area contributed by atoms with Gasteiger partial charge in [0, 0.05) is 4.47 Å². The van der Waals surface area contributed by atoms with Gasteiger partial charge < -0.3 is 4.74 Å². The van der Waals surface area contributed by atoms with Gasteiger partial charge in [-0.3, -0.25) is 4.79 Å². The summed E-state index contributed by atoms with van der Waals surface area (Å²) in [6.07, 6.45) is -5.04. The molecule has 7 heteroatoms. The number of Topliss-reactive ketones (excluding diaryl/α,β-unsaturated/α-hetero) is 1. The van der Waals surface area contributed by atoms with Gasteiger partial charge in [-0.1, -0.05) is 15.9 Å². The maximum absolute atomic E-state index is 13.2. The molecule has 0 amide bonds. The zero-order valence-corrected chi connectivity index (χ0v) is 9.45. The van der Waals surface area contributed by atoms with Crippen LogP contribution < -0.4 is 4.74 Å². The number of rotatable bonds is 2. The SMILES string of the molecule is CC(=O)c1cc(Br)cc(F)c1OC(F)(F)F. The van der Waals surface area contributed by atoms with Gasteiger partial charge in [-0.15, -0.1) is 13.2 Å². The van der Waals surface area contributed by atoms with Crippen molar-refractivity contribution >= 4 is 21.7 Å². The molecule has 1 rings (SSSR count). The standard InChI is InChI=1S/C9H5BrF4O2/c1-4(15)6-2-5(10)3-7(11)8(6)16-9(12,13)14/h2-3H,1H3. The lowest BCUT2D eigenvalue weighted by Crippen LogP contribution is -2.19. The predicted molar refractivity (Wildman–Crippen MR) is 50.8 cm³/mol. The Labute approximate surface area is 96.3 Å². The minimum atomic E-state index is -5.04. The maximum atomic E-state index is 13.2. The van der Waals surface area contributed by atoms with Crippen molar-refractivity contribution in [2.75, 3.05) is 0 Å². The summed E-state index contributed by atoms with van der Waals surface area (Å²) < 4.78 is 52.7. The van der Waals surface area contributed by atoms with Crippen LogP contribution in [0.1, 0.15) is 17.3 Å². The number of carbonyl (C=O) groups excluding carboxylic acids is 1. The Morgan fingerprint density at radius 1 is 1.38 bits per heavy atom. The molecule has 1 aromatic carbocycles. The van der Waals surface area contributed by atoms with Gasteiger partial charge in [0.15, 0.2) is 17.3 Å². The summed E-state index contributed by atoms with van der Waals surface area (Å²) in [5.74, 6) is -3.08. The van der Waals surface area contributed by atoms with Crippen LogP contribution in [0, 0.1) is 5.82 Å². The van der Waals surface area contributed by atoms with Crippen molar-refractivity contribution < 1.29 is 27.1 Å². The van der Waals surface area contributed by atoms with E-state index in [1.54, 1.807) is 0 Å². The van der Waals surface area contributed by atoms with Gasteiger partial charge in [0.1, 0.15) is 0 Å². The fourth-order valence-corrected chi connectivity index (χ4v) is 1.47. The van der Waals surface area contributed by atoms with Gasteiger partial charge in [0.05, 0.1) is 5.56 Å². The minimum Gasteiger partial charge on any atom is -0.402 e.